The molecule has 2 aromatic rings. The summed E-state index contributed by atoms with van der Waals surface area (Å²) in [6.45, 7) is 0.624. The zero-order valence-electron chi connectivity index (χ0n) is 12.8. The Morgan fingerprint density at radius 1 is 1.13 bits per heavy atom. The number of aromatic nitrogens is 2. The lowest BCUT2D eigenvalue weighted by atomic mass is 10.2. The maximum atomic E-state index is 12.1. The Bertz CT molecular complexity index is 651. The molecule has 1 aromatic carbocycles. The van der Waals surface area contributed by atoms with E-state index in [-0.39, 0.29) is 11.9 Å². The van der Waals surface area contributed by atoms with Gasteiger partial charge in [0, 0.05) is 17.6 Å². The highest BCUT2D eigenvalue weighted by molar-refractivity contribution is 6.30. The molecule has 0 aliphatic heterocycles. The smallest absolute Gasteiger partial charge is 0.271 e. The van der Waals surface area contributed by atoms with Crippen LogP contribution in [-0.4, -0.2) is 21.9 Å². The van der Waals surface area contributed by atoms with Gasteiger partial charge in [-0.25, -0.2) is 9.97 Å². The standard InChI is InChI=1S/C17H19ClN4O/c18-13-7-5-12(6-8-13)9-20-16-11-19-15(10-21-16)17(23)22-14-3-1-2-4-14/h5-8,10-11,14H,1-4,9H2,(H,20,21)(H,22,23). The van der Waals surface area contributed by atoms with Crippen molar-refractivity contribution in [2.24, 2.45) is 0 Å². The molecular weight excluding hydrogens is 312 g/mol. The van der Waals surface area contributed by atoms with E-state index in [9.17, 15) is 4.79 Å². The quantitative estimate of drug-likeness (QED) is 0.881. The van der Waals surface area contributed by atoms with Gasteiger partial charge in [0.25, 0.3) is 5.91 Å². The monoisotopic (exact) mass is 330 g/mol. The lowest BCUT2D eigenvalue weighted by molar-refractivity contribution is 0.0932. The molecule has 1 amide bonds. The molecule has 1 aliphatic rings. The van der Waals surface area contributed by atoms with Crippen LogP contribution < -0.4 is 10.6 Å². The van der Waals surface area contributed by atoms with Gasteiger partial charge in [0.2, 0.25) is 0 Å². The van der Waals surface area contributed by atoms with Gasteiger partial charge in [-0.1, -0.05) is 36.6 Å². The van der Waals surface area contributed by atoms with E-state index in [1.165, 1.54) is 19.0 Å². The van der Waals surface area contributed by atoms with E-state index < -0.39 is 0 Å². The van der Waals surface area contributed by atoms with Crippen LogP contribution in [0.2, 0.25) is 5.02 Å². The summed E-state index contributed by atoms with van der Waals surface area (Å²) in [5.41, 5.74) is 1.45. The van der Waals surface area contributed by atoms with Gasteiger partial charge in [-0.05, 0) is 30.5 Å². The summed E-state index contributed by atoms with van der Waals surface area (Å²) >= 11 is 5.86. The van der Waals surface area contributed by atoms with E-state index in [0.717, 1.165) is 18.4 Å². The molecule has 120 valence electrons. The summed E-state index contributed by atoms with van der Waals surface area (Å²) in [5.74, 6) is 0.492. The van der Waals surface area contributed by atoms with Crippen LogP contribution in [0.5, 0.6) is 0 Å². The van der Waals surface area contributed by atoms with Crippen molar-refractivity contribution >= 4 is 23.3 Å². The van der Waals surface area contributed by atoms with Crippen LogP contribution in [0, 0.1) is 0 Å². The van der Waals surface area contributed by atoms with E-state index in [2.05, 4.69) is 20.6 Å². The van der Waals surface area contributed by atoms with Crippen LogP contribution in [0.4, 0.5) is 5.82 Å². The van der Waals surface area contributed by atoms with Crippen molar-refractivity contribution in [3.05, 3.63) is 52.9 Å². The van der Waals surface area contributed by atoms with Gasteiger partial charge >= 0.3 is 0 Å². The first-order valence-electron chi connectivity index (χ1n) is 7.82. The lowest BCUT2D eigenvalue weighted by Gasteiger charge is -2.11. The number of benzene rings is 1. The largest absolute Gasteiger partial charge is 0.365 e. The molecule has 5 nitrogen and oxygen atoms in total. The van der Waals surface area contributed by atoms with E-state index in [1.54, 1.807) is 6.20 Å². The van der Waals surface area contributed by atoms with E-state index in [4.69, 9.17) is 11.6 Å². The summed E-state index contributed by atoms with van der Waals surface area (Å²) in [5, 5.41) is 6.89. The molecular formula is C17H19ClN4O. The zero-order valence-corrected chi connectivity index (χ0v) is 13.5. The average molecular weight is 331 g/mol. The fraction of sp³-hybridized carbons (Fsp3) is 0.353. The maximum absolute atomic E-state index is 12.1. The van der Waals surface area contributed by atoms with Gasteiger partial charge < -0.3 is 10.6 Å². The molecule has 0 bridgehead atoms. The molecule has 1 aromatic heterocycles. The topological polar surface area (TPSA) is 66.9 Å². The van der Waals surface area contributed by atoms with Crippen LogP contribution in [-0.2, 0) is 6.54 Å². The minimum Gasteiger partial charge on any atom is -0.365 e. The fourth-order valence-corrected chi connectivity index (χ4v) is 2.79. The second kappa shape index (κ2) is 7.42. The van der Waals surface area contributed by atoms with Crippen molar-refractivity contribution in [1.29, 1.82) is 0 Å². The fourth-order valence-electron chi connectivity index (χ4n) is 2.66. The molecule has 3 rings (SSSR count). The third kappa shape index (κ3) is 4.42. The van der Waals surface area contributed by atoms with Gasteiger partial charge in [0.1, 0.15) is 11.5 Å². The Labute approximate surface area is 140 Å². The van der Waals surface area contributed by atoms with E-state index in [1.807, 2.05) is 24.3 Å². The first kappa shape index (κ1) is 15.7. The number of rotatable bonds is 5. The number of amides is 1. The molecule has 1 aliphatic carbocycles. The van der Waals surface area contributed by atoms with Crippen LogP contribution in [0.25, 0.3) is 0 Å². The summed E-state index contributed by atoms with van der Waals surface area (Å²) in [6.07, 6.45) is 7.57. The summed E-state index contributed by atoms with van der Waals surface area (Å²) in [4.78, 5) is 20.5. The van der Waals surface area contributed by atoms with Crippen molar-refractivity contribution in [3.63, 3.8) is 0 Å². The molecule has 1 fully saturated rings. The van der Waals surface area contributed by atoms with Gasteiger partial charge in [0.05, 0.1) is 12.4 Å². The molecule has 0 unspecified atom stereocenters. The highest BCUT2D eigenvalue weighted by Crippen LogP contribution is 2.18. The molecule has 1 heterocycles. The Morgan fingerprint density at radius 2 is 1.87 bits per heavy atom. The van der Waals surface area contributed by atoms with Crippen molar-refractivity contribution < 1.29 is 4.79 Å². The lowest BCUT2D eigenvalue weighted by Crippen LogP contribution is -2.33. The molecule has 0 atom stereocenters. The van der Waals surface area contributed by atoms with Gasteiger partial charge in [-0.2, -0.15) is 0 Å². The number of halogens is 1. The van der Waals surface area contributed by atoms with Crippen molar-refractivity contribution in [2.45, 2.75) is 38.3 Å². The predicted molar refractivity (Wildman–Crippen MR) is 90.5 cm³/mol. The van der Waals surface area contributed by atoms with Crippen molar-refractivity contribution in [3.8, 4) is 0 Å². The van der Waals surface area contributed by atoms with Crippen LogP contribution in [0.1, 0.15) is 41.7 Å². The summed E-state index contributed by atoms with van der Waals surface area (Å²) < 4.78 is 0. The Balaban J connectivity index is 1.53. The van der Waals surface area contributed by atoms with E-state index in [0.29, 0.717) is 23.1 Å². The molecule has 0 radical (unpaired) electrons. The third-order valence-corrected chi connectivity index (χ3v) is 4.21. The number of nitrogens with one attached hydrogen (secondary N) is 2. The first-order chi connectivity index (χ1) is 11.2. The second-order valence-corrected chi connectivity index (χ2v) is 6.16. The van der Waals surface area contributed by atoms with Gasteiger partial charge in [-0.3, -0.25) is 4.79 Å². The minimum atomic E-state index is -0.145. The van der Waals surface area contributed by atoms with Crippen LogP contribution in [0.15, 0.2) is 36.7 Å². The zero-order chi connectivity index (χ0) is 16.1. The third-order valence-electron chi connectivity index (χ3n) is 3.96. The van der Waals surface area contributed by atoms with Gasteiger partial charge in [-0.15, -0.1) is 0 Å². The normalized spacial score (nSPS) is 14.7. The number of anilines is 1. The number of carbonyl (C=O) groups is 1. The SMILES string of the molecule is O=C(NC1CCCC1)c1cnc(NCc2ccc(Cl)cc2)cn1. The Morgan fingerprint density at radius 3 is 2.52 bits per heavy atom. The number of hydrogen-bond donors (Lipinski definition) is 2. The highest BCUT2D eigenvalue weighted by atomic mass is 35.5. The van der Waals surface area contributed by atoms with Crippen molar-refractivity contribution in [1.82, 2.24) is 15.3 Å². The Hall–Kier alpha value is -2.14. The summed E-state index contributed by atoms with van der Waals surface area (Å²) in [6, 6.07) is 7.88. The number of hydrogen-bond acceptors (Lipinski definition) is 4. The predicted octanol–water partition coefficient (Wildman–Crippen LogP) is 3.41. The number of nitrogens with zero attached hydrogens (tertiary/aromatic N) is 2. The molecule has 6 heteroatoms. The van der Waals surface area contributed by atoms with Gasteiger partial charge in [0.15, 0.2) is 0 Å². The molecule has 0 saturated heterocycles. The van der Waals surface area contributed by atoms with E-state index >= 15 is 0 Å². The first-order valence-corrected chi connectivity index (χ1v) is 8.20. The molecule has 0 spiro atoms. The molecule has 23 heavy (non-hydrogen) atoms. The van der Waals surface area contributed by atoms with Crippen LogP contribution >= 0.6 is 11.6 Å². The maximum Gasteiger partial charge on any atom is 0.271 e. The number of carbonyl (C=O) groups excluding carboxylic acids is 1. The van der Waals surface area contributed by atoms with Crippen LogP contribution in [0.3, 0.4) is 0 Å². The average Bonchev–Trinajstić information content (AvgIpc) is 3.08. The highest BCUT2D eigenvalue weighted by Gasteiger charge is 2.18. The molecule has 1 saturated carbocycles. The van der Waals surface area contributed by atoms with Crippen molar-refractivity contribution in [2.75, 3.05) is 5.32 Å². The molecule has 2 N–H and O–H groups in total. The summed E-state index contributed by atoms with van der Waals surface area (Å²) in [7, 11) is 0. The minimum absolute atomic E-state index is 0.145. The second-order valence-electron chi connectivity index (χ2n) is 5.72. The Kier molecular flexibility index (Phi) is 5.08.